The number of nitrogens with two attached hydrogens (primary N) is 1. The average molecular weight is 259 g/mol. The lowest BCUT2D eigenvalue weighted by molar-refractivity contribution is 0.0882. The Hall–Kier alpha value is -1.55. The molecule has 2 atom stereocenters. The number of hydrogen-bond donors (Lipinski definition) is 2. The number of nitrogen functional groups attached to an aromatic ring is 1. The summed E-state index contributed by atoms with van der Waals surface area (Å²) in [6, 6.07) is 8.73. The van der Waals surface area contributed by atoms with Crippen LogP contribution >= 0.6 is 0 Å². The third-order valence-corrected chi connectivity index (χ3v) is 4.61. The fourth-order valence-electron chi connectivity index (χ4n) is 3.43. The van der Waals surface area contributed by atoms with Crippen molar-refractivity contribution < 1.29 is 4.79 Å². The molecule has 0 spiro atoms. The van der Waals surface area contributed by atoms with Crippen LogP contribution in [0.15, 0.2) is 24.3 Å². The van der Waals surface area contributed by atoms with Crippen LogP contribution in [0.5, 0.6) is 0 Å². The van der Waals surface area contributed by atoms with E-state index in [1.165, 1.54) is 12.8 Å². The molecule has 2 aliphatic rings. The molecule has 0 radical (unpaired) electrons. The molecule has 1 amide bonds. The van der Waals surface area contributed by atoms with Crippen LogP contribution in [0.1, 0.15) is 36.0 Å². The van der Waals surface area contributed by atoms with E-state index >= 15 is 0 Å². The molecule has 4 nitrogen and oxygen atoms in total. The van der Waals surface area contributed by atoms with Gasteiger partial charge in [0.25, 0.3) is 5.91 Å². The lowest BCUT2D eigenvalue weighted by Gasteiger charge is -2.36. The largest absolute Gasteiger partial charge is 0.399 e. The molecule has 3 N–H and O–H groups in total. The molecule has 102 valence electrons. The molecule has 2 fully saturated rings. The number of nitrogens with one attached hydrogen (secondary N) is 1. The Morgan fingerprint density at radius 2 is 1.79 bits per heavy atom. The number of anilines is 1. The summed E-state index contributed by atoms with van der Waals surface area (Å²) in [6.45, 7) is 0. The van der Waals surface area contributed by atoms with Crippen molar-refractivity contribution in [2.45, 2.75) is 43.8 Å². The van der Waals surface area contributed by atoms with Gasteiger partial charge in [-0.25, -0.2) is 0 Å². The van der Waals surface area contributed by atoms with Gasteiger partial charge in [-0.15, -0.1) is 0 Å². The molecule has 2 bridgehead atoms. The van der Waals surface area contributed by atoms with Crippen molar-refractivity contribution in [1.82, 2.24) is 10.2 Å². The maximum atomic E-state index is 12.2. The minimum atomic E-state index is 0.0222. The summed E-state index contributed by atoms with van der Waals surface area (Å²) in [7, 11) is 2.21. The van der Waals surface area contributed by atoms with Crippen molar-refractivity contribution in [3.8, 4) is 0 Å². The molecule has 0 aromatic heterocycles. The molecular weight excluding hydrogens is 238 g/mol. The second-order valence-electron chi connectivity index (χ2n) is 5.81. The monoisotopic (exact) mass is 259 g/mol. The Balaban J connectivity index is 1.63. The zero-order chi connectivity index (χ0) is 13.4. The summed E-state index contributed by atoms with van der Waals surface area (Å²) in [5, 5.41) is 3.17. The first-order valence-electron chi connectivity index (χ1n) is 7.02. The SMILES string of the molecule is CN1C2CCC1CC(NC(=O)c1ccc(N)cc1)C2. The summed E-state index contributed by atoms with van der Waals surface area (Å²) in [6.07, 6.45) is 4.70. The van der Waals surface area contributed by atoms with E-state index < -0.39 is 0 Å². The fraction of sp³-hybridized carbons (Fsp3) is 0.533. The second kappa shape index (κ2) is 4.85. The summed E-state index contributed by atoms with van der Waals surface area (Å²) in [5.41, 5.74) is 7.02. The lowest BCUT2D eigenvalue weighted by Crippen LogP contribution is -2.48. The zero-order valence-corrected chi connectivity index (χ0v) is 11.3. The van der Waals surface area contributed by atoms with Gasteiger partial charge in [0.05, 0.1) is 0 Å². The molecule has 2 unspecified atom stereocenters. The fourth-order valence-corrected chi connectivity index (χ4v) is 3.43. The minimum Gasteiger partial charge on any atom is -0.399 e. The average Bonchev–Trinajstić information content (AvgIpc) is 2.63. The number of benzene rings is 1. The van der Waals surface area contributed by atoms with Crippen molar-refractivity contribution in [3.63, 3.8) is 0 Å². The van der Waals surface area contributed by atoms with Crippen LogP contribution in [0, 0.1) is 0 Å². The van der Waals surface area contributed by atoms with Crippen LogP contribution in [-0.4, -0.2) is 36.0 Å². The molecule has 2 heterocycles. The number of hydrogen-bond acceptors (Lipinski definition) is 3. The number of piperidine rings is 1. The van der Waals surface area contributed by atoms with E-state index in [9.17, 15) is 4.79 Å². The zero-order valence-electron chi connectivity index (χ0n) is 11.3. The van der Waals surface area contributed by atoms with Crippen LogP contribution in [-0.2, 0) is 0 Å². The summed E-state index contributed by atoms with van der Waals surface area (Å²) >= 11 is 0. The molecule has 0 saturated carbocycles. The first-order chi connectivity index (χ1) is 9.13. The number of amides is 1. The van der Waals surface area contributed by atoms with Crippen LogP contribution in [0.25, 0.3) is 0 Å². The van der Waals surface area contributed by atoms with Gasteiger partial charge in [0, 0.05) is 29.4 Å². The van der Waals surface area contributed by atoms with Crippen molar-refractivity contribution in [2.75, 3.05) is 12.8 Å². The van der Waals surface area contributed by atoms with Crippen LogP contribution in [0.4, 0.5) is 5.69 Å². The van der Waals surface area contributed by atoms with E-state index in [1.54, 1.807) is 24.3 Å². The Labute approximate surface area is 114 Å². The van der Waals surface area contributed by atoms with Gasteiger partial charge in [0.2, 0.25) is 0 Å². The van der Waals surface area contributed by atoms with E-state index in [2.05, 4.69) is 17.3 Å². The highest BCUT2D eigenvalue weighted by molar-refractivity contribution is 5.94. The van der Waals surface area contributed by atoms with Gasteiger partial charge in [-0.3, -0.25) is 4.79 Å². The number of rotatable bonds is 2. The second-order valence-corrected chi connectivity index (χ2v) is 5.81. The van der Waals surface area contributed by atoms with E-state index in [0.29, 0.717) is 29.4 Å². The molecule has 4 heteroatoms. The van der Waals surface area contributed by atoms with Gasteiger partial charge in [-0.1, -0.05) is 0 Å². The minimum absolute atomic E-state index is 0.0222. The maximum Gasteiger partial charge on any atom is 0.251 e. The highest BCUT2D eigenvalue weighted by atomic mass is 16.1. The number of nitrogens with zero attached hydrogens (tertiary/aromatic N) is 1. The topological polar surface area (TPSA) is 58.4 Å². The van der Waals surface area contributed by atoms with Crippen LogP contribution < -0.4 is 11.1 Å². The molecule has 1 aromatic rings. The predicted octanol–water partition coefficient (Wildman–Crippen LogP) is 1.62. The van der Waals surface area contributed by atoms with Crippen molar-refractivity contribution >= 4 is 11.6 Å². The third-order valence-electron chi connectivity index (χ3n) is 4.61. The number of carbonyl (C=O) groups excluding carboxylic acids is 1. The van der Waals surface area contributed by atoms with Gasteiger partial charge < -0.3 is 16.0 Å². The lowest BCUT2D eigenvalue weighted by atomic mass is 9.97. The predicted molar refractivity (Wildman–Crippen MR) is 75.9 cm³/mol. The first kappa shape index (κ1) is 12.5. The highest BCUT2D eigenvalue weighted by Crippen LogP contribution is 2.34. The van der Waals surface area contributed by atoms with E-state index in [4.69, 9.17) is 5.73 Å². The van der Waals surface area contributed by atoms with E-state index in [0.717, 1.165) is 12.8 Å². The van der Waals surface area contributed by atoms with Gasteiger partial charge in [0.1, 0.15) is 0 Å². The van der Waals surface area contributed by atoms with Gasteiger partial charge in [-0.2, -0.15) is 0 Å². The summed E-state index contributed by atoms with van der Waals surface area (Å²) in [4.78, 5) is 14.7. The van der Waals surface area contributed by atoms with Crippen molar-refractivity contribution in [2.24, 2.45) is 0 Å². The normalized spacial score (nSPS) is 30.3. The third kappa shape index (κ3) is 2.45. The number of fused-ring (bicyclic) bond motifs is 2. The van der Waals surface area contributed by atoms with Crippen LogP contribution in [0.3, 0.4) is 0 Å². The maximum absolute atomic E-state index is 12.2. The Kier molecular flexibility index (Phi) is 3.19. The Bertz CT molecular complexity index is 457. The highest BCUT2D eigenvalue weighted by Gasteiger charge is 2.38. The Morgan fingerprint density at radius 1 is 1.21 bits per heavy atom. The molecule has 0 aliphatic carbocycles. The molecule has 2 saturated heterocycles. The molecular formula is C15H21N3O. The van der Waals surface area contributed by atoms with Gasteiger partial charge in [-0.05, 0) is 57.0 Å². The molecule has 3 rings (SSSR count). The number of carbonyl (C=O) groups is 1. The molecule has 1 aromatic carbocycles. The smallest absolute Gasteiger partial charge is 0.251 e. The van der Waals surface area contributed by atoms with Crippen molar-refractivity contribution in [3.05, 3.63) is 29.8 Å². The summed E-state index contributed by atoms with van der Waals surface area (Å²) in [5.74, 6) is 0.0222. The van der Waals surface area contributed by atoms with E-state index in [-0.39, 0.29) is 5.91 Å². The van der Waals surface area contributed by atoms with Crippen LogP contribution in [0.2, 0.25) is 0 Å². The molecule has 19 heavy (non-hydrogen) atoms. The molecule has 2 aliphatic heterocycles. The standard InChI is InChI=1S/C15H21N3O/c1-18-13-6-7-14(18)9-12(8-13)17-15(19)10-2-4-11(16)5-3-10/h2-5,12-14H,6-9,16H2,1H3,(H,17,19). The summed E-state index contributed by atoms with van der Waals surface area (Å²) < 4.78 is 0. The van der Waals surface area contributed by atoms with E-state index in [1.807, 2.05) is 0 Å². The quantitative estimate of drug-likeness (QED) is 0.794. The van der Waals surface area contributed by atoms with Crippen molar-refractivity contribution in [1.29, 1.82) is 0 Å². The van der Waals surface area contributed by atoms with Gasteiger partial charge >= 0.3 is 0 Å². The first-order valence-corrected chi connectivity index (χ1v) is 7.02. The van der Waals surface area contributed by atoms with Gasteiger partial charge in [0.15, 0.2) is 0 Å². The Morgan fingerprint density at radius 3 is 2.37 bits per heavy atom.